The van der Waals surface area contributed by atoms with Crippen LogP contribution in [-0.2, 0) is 14.3 Å². The Bertz CT molecular complexity index is 829. The SMILES string of the molecule is CCC(CCNC(=O)c1nc(OCC2CC2)ccc1N1CC(F)(F)C1=O)C(=O)OC. The van der Waals surface area contributed by atoms with E-state index in [1.54, 1.807) is 0 Å². The first-order valence-electron chi connectivity index (χ1n) is 9.96. The van der Waals surface area contributed by atoms with Crippen molar-refractivity contribution in [3.8, 4) is 5.88 Å². The second kappa shape index (κ2) is 8.93. The molecule has 2 fully saturated rings. The molecule has 0 spiro atoms. The number of esters is 1. The quantitative estimate of drug-likeness (QED) is 0.456. The number of anilines is 1. The maximum Gasteiger partial charge on any atom is 0.342 e. The van der Waals surface area contributed by atoms with Crippen LogP contribution in [0.15, 0.2) is 12.1 Å². The average molecular weight is 425 g/mol. The van der Waals surface area contributed by atoms with Crippen LogP contribution in [0, 0.1) is 11.8 Å². The van der Waals surface area contributed by atoms with Crippen molar-refractivity contribution in [1.82, 2.24) is 10.3 Å². The maximum atomic E-state index is 13.4. The average Bonchev–Trinajstić information content (AvgIpc) is 3.57. The van der Waals surface area contributed by atoms with Gasteiger partial charge in [0.25, 0.3) is 11.8 Å². The monoisotopic (exact) mass is 425 g/mol. The highest BCUT2D eigenvalue weighted by Gasteiger charge is 2.55. The highest BCUT2D eigenvalue weighted by Crippen LogP contribution is 2.36. The number of alkyl halides is 2. The third kappa shape index (κ3) is 4.85. The van der Waals surface area contributed by atoms with Crippen LogP contribution in [-0.4, -0.2) is 55.5 Å². The molecule has 2 amide bonds. The Balaban J connectivity index is 1.72. The number of pyridine rings is 1. The van der Waals surface area contributed by atoms with Crippen molar-refractivity contribution in [1.29, 1.82) is 0 Å². The topological polar surface area (TPSA) is 97.8 Å². The molecule has 0 radical (unpaired) electrons. The first-order valence-corrected chi connectivity index (χ1v) is 9.96. The molecule has 1 aliphatic heterocycles. The molecule has 10 heteroatoms. The maximum absolute atomic E-state index is 13.4. The Morgan fingerprint density at radius 1 is 1.37 bits per heavy atom. The predicted octanol–water partition coefficient (Wildman–Crippen LogP) is 2.17. The molecular formula is C20H25F2N3O5. The molecule has 2 aliphatic rings. The highest BCUT2D eigenvalue weighted by molar-refractivity contribution is 6.09. The number of methoxy groups -OCH3 is 1. The van der Waals surface area contributed by atoms with Crippen molar-refractivity contribution < 1.29 is 32.6 Å². The lowest BCUT2D eigenvalue weighted by atomic mass is 10.0. The second-order valence-electron chi connectivity index (χ2n) is 7.54. The Morgan fingerprint density at radius 2 is 2.10 bits per heavy atom. The van der Waals surface area contributed by atoms with Gasteiger partial charge in [-0.15, -0.1) is 0 Å². The molecule has 30 heavy (non-hydrogen) atoms. The summed E-state index contributed by atoms with van der Waals surface area (Å²) in [7, 11) is 1.30. The Kier molecular flexibility index (Phi) is 6.52. The molecule has 0 bridgehead atoms. The van der Waals surface area contributed by atoms with E-state index in [1.807, 2.05) is 6.92 Å². The molecule has 1 unspecified atom stereocenters. The summed E-state index contributed by atoms with van der Waals surface area (Å²) in [5.74, 6) is -5.53. The number of carbonyl (C=O) groups is 3. The highest BCUT2D eigenvalue weighted by atomic mass is 19.3. The largest absolute Gasteiger partial charge is 0.477 e. The van der Waals surface area contributed by atoms with Gasteiger partial charge < -0.3 is 14.8 Å². The number of nitrogens with zero attached hydrogens (tertiary/aromatic N) is 2. The lowest BCUT2D eigenvalue weighted by molar-refractivity contribution is -0.152. The molecule has 2 heterocycles. The van der Waals surface area contributed by atoms with Gasteiger partial charge in [-0.1, -0.05) is 6.92 Å². The van der Waals surface area contributed by atoms with Crippen molar-refractivity contribution in [3.63, 3.8) is 0 Å². The number of carbonyl (C=O) groups excluding carboxylic acids is 3. The number of nitrogens with one attached hydrogen (secondary N) is 1. The van der Waals surface area contributed by atoms with E-state index in [0.717, 1.165) is 17.7 Å². The van der Waals surface area contributed by atoms with Crippen LogP contribution in [0.4, 0.5) is 14.5 Å². The summed E-state index contributed by atoms with van der Waals surface area (Å²) in [6.45, 7) is 1.64. The zero-order valence-corrected chi connectivity index (χ0v) is 17.0. The van der Waals surface area contributed by atoms with Crippen molar-refractivity contribution in [2.75, 3.05) is 31.7 Å². The molecular weight excluding hydrogens is 400 g/mol. The van der Waals surface area contributed by atoms with Crippen LogP contribution in [0.3, 0.4) is 0 Å². The number of rotatable bonds is 10. The third-order valence-corrected chi connectivity index (χ3v) is 5.24. The number of ether oxygens (including phenoxy) is 2. The molecule has 1 aromatic rings. The summed E-state index contributed by atoms with van der Waals surface area (Å²) in [6.07, 6.45) is 3.04. The molecule has 0 aromatic carbocycles. The molecule has 1 N–H and O–H groups in total. The summed E-state index contributed by atoms with van der Waals surface area (Å²) in [5, 5.41) is 2.64. The Morgan fingerprint density at radius 3 is 2.67 bits per heavy atom. The fourth-order valence-electron chi connectivity index (χ4n) is 3.12. The van der Waals surface area contributed by atoms with E-state index in [-0.39, 0.29) is 35.7 Å². The van der Waals surface area contributed by atoms with E-state index in [2.05, 4.69) is 10.3 Å². The first kappa shape index (κ1) is 21.9. The fourth-order valence-corrected chi connectivity index (χ4v) is 3.12. The van der Waals surface area contributed by atoms with Crippen molar-refractivity contribution in [2.45, 2.75) is 38.5 Å². The minimum Gasteiger partial charge on any atom is -0.477 e. The molecule has 164 valence electrons. The molecule has 1 aliphatic carbocycles. The fraction of sp³-hybridized carbons (Fsp3) is 0.600. The molecule has 1 saturated heterocycles. The molecule has 1 atom stereocenters. The molecule has 1 aromatic heterocycles. The van der Waals surface area contributed by atoms with E-state index < -0.39 is 24.3 Å². The molecule has 1 saturated carbocycles. The first-order chi connectivity index (χ1) is 14.3. The van der Waals surface area contributed by atoms with Crippen LogP contribution in [0.5, 0.6) is 5.88 Å². The Labute approximate surface area is 172 Å². The smallest absolute Gasteiger partial charge is 0.342 e. The third-order valence-electron chi connectivity index (χ3n) is 5.24. The zero-order valence-electron chi connectivity index (χ0n) is 17.0. The zero-order chi connectivity index (χ0) is 21.9. The summed E-state index contributed by atoms with van der Waals surface area (Å²) in [6, 6.07) is 2.85. The normalized spacial score (nSPS) is 18.4. The summed E-state index contributed by atoms with van der Waals surface area (Å²) < 4.78 is 37.0. The molecule has 8 nitrogen and oxygen atoms in total. The predicted molar refractivity (Wildman–Crippen MR) is 103 cm³/mol. The number of hydrogen-bond acceptors (Lipinski definition) is 6. The van der Waals surface area contributed by atoms with Gasteiger partial charge in [-0.05, 0) is 37.7 Å². The van der Waals surface area contributed by atoms with Gasteiger partial charge in [0.2, 0.25) is 5.88 Å². The van der Waals surface area contributed by atoms with Gasteiger partial charge in [-0.25, -0.2) is 4.98 Å². The van der Waals surface area contributed by atoms with E-state index in [0.29, 0.717) is 25.4 Å². The van der Waals surface area contributed by atoms with Crippen LogP contribution >= 0.6 is 0 Å². The number of β-lactam (4-membered cyclic amide) rings is 1. The lowest BCUT2D eigenvalue weighted by Gasteiger charge is -2.38. The number of hydrogen-bond donors (Lipinski definition) is 1. The standard InChI is InChI=1S/C20H25F2N3O5/c1-3-13(18(27)29-2)8-9-23-17(26)16-14(25-11-20(21,22)19(25)28)6-7-15(24-16)30-10-12-4-5-12/h6-7,12-13H,3-5,8-11H2,1-2H3,(H,23,26). The van der Waals surface area contributed by atoms with Crippen molar-refractivity contribution in [2.24, 2.45) is 11.8 Å². The van der Waals surface area contributed by atoms with Crippen LogP contribution < -0.4 is 15.0 Å². The summed E-state index contributed by atoms with van der Waals surface area (Å²) in [5.41, 5.74) is -0.166. The van der Waals surface area contributed by atoms with Gasteiger partial charge in [0.05, 0.1) is 31.9 Å². The van der Waals surface area contributed by atoms with Crippen molar-refractivity contribution >= 4 is 23.5 Å². The van der Waals surface area contributed by atoms with Gasteiger partial charge in [-0.3, -0.25) is 19.3 Å². The van der Waals surface area contributed by atoms with Gasteiger partial charge in [0.1, 0.15) is 0 Å². The van der Waals surface area contributed by atoms with E-state index in [9.17, 15) is 23.2 Å². The lowest BCUT2D eigenvalue weighted by Crippen LogP contribution is -2.62. The minimum atomic E-state index is -3.44. The van der Waals surface area contributed by atoms with E-state index >= 15 is 0 Å². The summed E-state index contributed by atoms with van der Waals surface area (Å²) >= 11 is 0. The van der Waals surface area contributed by atoms with E-state index in [4.69, 9.17) is 9.47 Å². The van der Waals surface area contributed by atoms with Crippen LogP contribution in [0.2, 0.25) is 0 Å². The number of aromatic nitrogens is 1. The Hall–Kier alpha value is -2.78. The van der Waals surface area contributed by atoms with Gasteiger partial charge in [0.15, 0.2) is 5.69 Å². The van der Waals surface area contributed by atoms with E-state index in [1.165, 1.54) is 19.2 Å². The van der Waals surface area contributed by atoms with Crippen LogP contribution in [0.25, 0.3) is 0 Å². The van der Waals surface area contributed by atoms with Gasteiger partial charge >= 0.3 is 11.9 Å². The summed E-state index contributed by atoms with van der Waals surface area (Å²) in [4.78, 5) is 41.1. The van der Waals surface area contributed by atoms with Crippen LogP contribution in [0.1, 0.15) is 43.1 Å². The number of amides is 2. The minimum absolute atomic E-state index is 0.00204. The second-order valence-corrected chi connectivity index (χ2v) is 7.54. The number of halogens is 2. The van der Waals surface area contributed by atoms with Crippen molar-refractivity contribution in [3.05, 3.63) is 17.8 Å². The van der Waals surface area contributed by atoms with Gasteiger partial charge in [0, 0.05) is 12.6 Å². The molecule has 3 rings (SSSR count). The van der Waals surface area contributed by atoms with Gasteiger partial charge in [-0.2, -0.15) is 8.78 Å².